The lowest BCUT2D eigenvalue weighted by Crippen LogP contribution is -2.43. The van der Waals surface area contributed by atoms with E-state index in [1.807, 2.05) is 6.92 Å². The van der Waals surface area contributed by atoms with Crippen molar-refractivity contribution in [3.63, 3.8) is 0 Å². The number of ether oxygens (including phenoxy) is 1. The second kappa shape index (κ2) is 5.58. The first-order chi connectivity index (χ1) is 6.33. The number of hydrogen-bond acceptors (Lipinski definition) is 3. The van der Waals surface area contributed by atoms with Crippen LogP contribution in [0.5, 0.6) is 0 Å². The van der Waals surface area contributed by atoms with Gasteiger partial charge in [0.1, 0.15) is 0 Å². The van der Waals surface area contributed by atoms with E-state index < -0.39 is 0 Å². The first-order valence-corrected chi connectivity index (χ1v) is 5.22. The molecule has 1 heterocycles. The van der Waals surface area contributed by atoms with Gasteiger partial charge in [-0.05, 0) is 32.7 Å². The van der Waals surface area contributed by atoms with Crippen LogP contribution in [-0.2, 0) is 4.74 Å². The second-order valence-corrected chi connectivity index (χ2v) is 3.89. The van der Waals surface area contributed by atoms with Gasteiger partial charge in [-0.25, -0.2) is 0 Å². The largest absolute Gasteiger partial charge is 0.396 e. The Hall–Kier alpha value is -0.120. The van der Waals surface area contributed by atoms with Crippen molar-refractivity contribution in [3.8, 4) is 0 Å². The number of aliphatic hydroxyl groups is 1. The van der Waals surface area contributed by atoms with Gasteiger partial charge in [-0.2, -0.15) is 0 Å². The van der Waals surface area contributed by atoms with E-state index in [1.165, 1.54) is 6.42 Å². The van der Waals surface area contributed by atoms with Crippen LogP contribution in [0.4, 0.5) is 0 Å². The molecule has 1 fully saturated rings. The van der Waals surface area contributed by atoms with Crippen molar-refractivity contribution in [3.05, 3.63) is 0 Å². The average Bonchev–Trinajstić information content (AvgIpc) is 2.20. The summed E-state index contributed by atoms with van der Waals surface area (Å²) in [6.07, 6.45) is 3.28. The summed E-state index contributed by atoms with van der Waals surface area (Å²) in [5, 5.41) is 12.7. The third-order valence-corrected chi connectivity index (χ3v) is 2.88. The van der Waals surface area contributed by atoms with Crippen LogP contribution in [0.3, 0.4) is 0 Å². The molecule has 0 amide bonds. The Labute approximate surface area is 80.5 Å². The number of piperidine rings is 1. The zero-order valence-electron chi connectivity index (χ0n) is 8.51. The van der Waals surface area contributed by atoms with E-state index in [2.05, 4.69) is 5.32 Å². The van der Waals surface area contributed by atoms with E-state index in [0.29, 0.717) is 0 Å². The Morgan fingerprint density at radius 3 is 2.92 bits per heavy atom. The molecule has 1 aliphatic heterocycles. The van der Waals surface area contributed by atoms with Crippen molar-refractivity contribution in [2.75, 3.05) is 32.9 Å². The zero-order chi connectivity index (χ0) is 9.57. The van der Waals surface area contributed by atoms with E-state index >= 15 is 0 Å². The Bertz CT molecular complexity index is 133. The molecule has 0 aliphatic carbocycles. The molecule has 1 aliphatic rings. The topological polar surface area (TPSA) is 41.5 Å². The molecule has 2 N–H and O–H groups in total. The maximum Gasteiger partial charge on any atom is 0.0500 e. The smallest absolute Gasteiger partial charge is 0.0500 e. The van der Waals surface area contributed by atoms with E-state index in [1.54, 1.807) is 0 Å². The van der Waals surface area contributed by atoms with Gasteiger partial charge in [-0.1, -0.05) is 0 Å². The van der Waals surface area contributed by atoms with Crippen molar-refractivity contribution < 1.29 is 9.84 Å². The summed E-state index contributed by atoms with van der Waals surface area (Å²) in [7, 11) is 0. The SMILES string of the molecule is CCOCCC1(CO)CCCNC1. The average molecular weight is 187 g/mol. The molecule has 13 heavy (non-hydrogen) atoms. The summed E-state index contributed by atoms with van der Waals surface area (Å²) < 4.78 is 5.32. The summed E-state index contributed by atoms with van der Waals surface area (Å²) in [6.45, 7) is 5.87. The van der Waals surface area contributed by atoms with Crippen molar-refractivity contribution in [1.82, 2.24) is 5.32 Å². The molecule has 0 radical (unpaired) electrons. The van der Waals surface area contributed by atoms with Crippen LogP contribution in [0.2, 0.25) is 0 Å². The van der Waals surface area contributed by atoms with Crippen molar-refractivity contribution in [2.24, 2.45) is 5.41 Å². The van der Waals surface area contributed by atoms with E-state index in [4.69, 9.17) is 4.74 Å². The van der Waals surface area contributed by atoms with Gasteiger partial charge in [-0.15, -0.1) is 0 Å². The maximum atomic E-state index is 9.35. The molecule has 1 rings (SSSR count). The van der Waals surface area contributed by atoms with Gasteiger partial charge in [0.15, 0.2) is 0 Å². The summed E-state index contributed by atoms with van der Waals surface area (Å²) >= 11 is 0. The molecular formula is C10H21NO2. The van der Waals surface area contributed by atoms with E-state index in [9.17, 15) is 5.11 Å². The molecule has 1 saturated heterocycles. The van der Waals surface area contributed by atoms with Crippen molar-refractivity contribution in [1.29, 1.82) is 0 Å². The lowest BCUT2D eigenvalue weighted by atomic mass is 9.79. The molecule has 0 saturated carbocycles. The Balaban J connectivity index is 2.29. The van der Waals surface area contributed by atoms with Gasteiger partial charge in [0.25, 0.3) is 0 Å². The highest BCUT2D eigenvalue weighted by Crippen LogP contribution is 2.29. The minimum absolute atomic E-state index is 0.0907. The molecule has 3 heteroatoms. The normalized spacial score (nSPS) is 29.1. The fourth-order valence-corrected chi connectivity index (χ4v) is 1.89. The fourth-order valence-electron chi connectivity index (χ4n) is 1.89. The predicted octanol–water partition coefficient (Wildman–Crippen LogP) is 0.775. The van der Waals surface area contributed by atoms with Crippen LogP contribution in [0.25, 0.3) is 0 Å². The van der Waals surface area contributed by atoms with Crippen LogP contribution in [-0.4, -0.2) is 38.0 Å². The molecular weight excluding hydrogens is 166 g/mol. The lowest BCUT2D eigenvalue weighted by Gasteiger charge is -2.36. The molecule has 1 unspecified atom stereocenters. The molecule has 0 spiro atoms. The van der Waals surface area contributed by atoms with Gasteiger partial charge in [-0.3, -0.25) is 0 Å². The summed E-state index contributed by atoms with van der Waals surface area (Å²) in [4.78, 5) is 0. The molecule has 0 aromatic carbocycles. The van der Waals surface area contributed by atoms with Gasteiger partial charge in [0.05, 0.1) is 0 Å². The number of hydrogen-bond donors (Lipinski definition) is 2. The highest BCUT2D eigenvalue weighted by molar-refractivity contribution is 4.84. The van der Waals surface area contributed by atoms with E-state index in [-0.39, 0.29) is 12.0 Å². The van der Waals surface area contributed by atoms with Crippen LogP contribution >= 0.6 is 0 Å². The first kappa shape index (κ1) is 11.0. The number of nitrogens with one attached hydrogen (secondary N) is 1. The maximum absolute atomic E-state index is 9.35. The Kier molecular flexibility index (Phi) is 4.70. The van der Waals surface area contributed by atoms with Gasteiger partial charge in [0, 0.05) is 31.8 Å². The third-order valence-electron chi connectivity index (χ3n) is 2.88. The van der Waals surface area contributed by atoms with Gasteiger partial charge >= 0.3 is 0 Å². The predicted molar refractivity (Wildman–Crippen MR) is 52.7 cm³/mol. The zero-order valence-corrected chi connectivity index (χ0v) is 8.51. The first-order valence-electron chi connectivity index (χ1n) is 5.22. The molecule has 0 aromatic rings. The number of rotatable bonds is 5. The second-order valence-electron chi connectivity index (χ2n) is 3.89. The standard InChI is InChI=1S/C10H21NO2/c1-2-13-7-5-10(9-12)4-3-6-11-8-10/h11-12H,2-9H2,1H3. The highest BCUT2D eigenvalue weighted by Gasteiger charge is 2.30. The Morgan fingerprint density at radius 1 is 1.54 bits per heavy atom. The van der Waals surface area contributed by atoms with Crippen molar-refractivity contribution in [2.45, 2.75) is 26.2 Å². The highest BCUT2D eigenvalue weighted by atomic mass is 16.5. The van der Waals surface area contributed by atoms with Crippen LogP contribution in [0, 0.1) is 5.41 Å². The third kappa shape index (κ3) is 3.25. The van der Waals surface area contributed by atoms with Gasteiger partial charge < -0.3 is 15.2 Å². The van der Waals surface area contributed by atoms with Crippen LogP contribution in [0.15, 0.2) is 0 Å². The summed E-state index contributed by atoms with van der Waals surface area (Å²) in [5.74, 6) is 0. The van der Waals surface area contributed by atoms with E-state index in [0.717, 1.165) is 39.1 Å². The van der Waals surface area contributed by atoms with Gasteiger partial charge in [0.2, 0.25) is 0 Å². The minimum Gasteiger partial charge on any atom is -0.396 e. The van der Waals surface area contributed by atoms with Crippen molar-refractivity contribution >= 4 is 0 Å². The molecule has 0 aromatic heterocycles. The summed E-state index contributed by atoms with van der Waals surface area (Å²) in [5.41, 5.74) is 0.0907. The van der Waals surface area contributed by atoms with Crippen LogP contribution in [0.1, 0.15) is 26.2 Å². The molecule has 3 nitrogen and oxygen atoms in total. The number of aliphatic hydroxyl groups excluding tert-OH is 1. The Morgan fingerprint density at radius 2 is 2.38 bits per heavy atom. The molecule has 78 valence electrons. The van der Waals surface area contributed by atoms with Crippen LogP contribution < -0.4 is 5.32 Å². The molecule has 0 bridgehead atoms. The quantitative estimate of drug-likeness (QED) is 0.625. The lowest BCUT2D eigenvalue weighted by molar-refractivity contribution is 0.0438. The monoisotopic (exact) mass is 187 g/mol. The molecule has 1 atom stereocenters. The minimum atomic E-state index is 0.0907. The fraction of sp³-hybridized carbons (Fsp3) is 1.00. The summed E-state index contributed by atoms with van der Waals surface area (Å²) in [6, 6.07) is 0.